The van der Waals surface area contributed by atoms with Crippen LogP contribution < -0.4 is 5.32 Å². The molecule has 0 radical (unpaired) electrons. The fourth-order valence-corrected chi connectivity index (χ4v) is 3.43. The molecule has 0 aliphatic carbocycles. The molecule has 1 N–H and O–H groups in total. The summed E-state index contributed by atoms with van der Waals surface area (Å²) in [6, 6.07) is 15.2. The zero-order chi connectivity index (χ0) is 15.2. The first-order valence-electron chi connectivity index (χ1n) is 7.40. The first kappa shape index (κ1) is 16.5. The molecule has 2 rings (SSSR count). The third-order valence-corrected chi connectivity index (χ3v) is 4.58. The minimum absolute atomic E-state index is 0.286. The van der Waals surface area contributed by atoms with E-state index in [-0.39, 0.29) is 6.04 Å². The van der Waals surface area contributed by atoms with Crippen molar-refractivity contribution in [2.24, 2.45) is 0 Å². The molecular weight excluding hydrogens is 346 g/mol. The lowest BCUT2D eigenvalue weighted by Crippen LogP contribution is -2.23. The van der Waals surface area contributed by atoms with Crippen LogP contribution in [0.3, 0.4) is 0 Å². The third-order valence-electron chi connectivity index (χ3n) is 3.66. The molecule has 21 heavy (non-hydrogen) atoms. The Balaban J connectivity index is 2.21. The minimum atomic E-state index is 0.286. The highest BCUT2D eigenvalue weighted by Crippen LogP contribution is 2.29. The molecule has 0 fully saturated rings. The summed E-state index contributed by atoms with van der Waals surface area (Å²) in [6.45, 7) is 5.26. The van der Waals surface area contributed by atoms with Crippen molar-refractivity contribution in [3.63, 3.8) is 0 Å². The summed E-state index contributed by atoms with van der Waals surface area (Å²) in [5.41, 5.74) is 3.98. The van der Waals surface area contributed by atoms with E-state index in [1.807, 2.05) is 12.1 Å². The Morgan fingerprint density at radius 1 is 1.05 bits per heavy atom. The Morgan fingerprint density at radius 2 is 1.71 bits per heavy atom. The maximum Gasteiger partial charge on any atom is 0.0417 e. The van der Waals surface area contributed by atoms with E-state index in [4.69, 9.17) is 11.6 Å². The van der Waals surface area contributed by atoms with Gasteiger partial charge in [0.15, 0.2) is 0 Å². The normalized spacial score (nSPS) is 12.4. The number of aryl methyl sites for hydroxylation is 1. The van der Waals surface area contributed by atoms with Gasteiger partial charge >= 0.3 is 0 Å². The van der Waals surface area contributed by atoms with Gasteiger partial charge in [-0.1, -0.05) is 71.7 Å². The average molecular weight is 367 g/mol. The second kappa shape index (κ2) is 7.98. The van der Waals surface area contributed by atoms with Crippen LogP contribution in [0.25, 0.3) is 0 Å². The number of nitrogens with one attached hydrogen (secondary N) is 1. The molecule has 0 heterocycles. The first-order chi connectivity index (χ1) is 10.1. The summed E-state index contributed by atoms with van der Waals surface area (Å²) in [4.78, 5) is 0. The number of hydrogen-bond acceptors (Lipinski definition) is 1. The molecule has 0 spiro atoms. The predicted octanol–water partition coefficient (Wildman–Crippen LogP) is 5.56. The van der Waals surface area contributed by atoms with Crippen molar-refractivity contribution < 1.29 is 0 Å². The standard InChI is InChI=1S/C18H21BrClN/c1-3-13-5-7-14(8-6-13)11-18(21-4-2)16-10-9-15(20)12-17(16)19/h5-10,12,18,21H,3-4,11H2,1-2H3. The van der Waals surface area contributed by atoms with E-state index < -0.39 is 0 Å². The summed E-state index contributed by atoms with van der Waals surface area (Å²) < 4.78 is 1.06. The molecule has 0 amide bonds. The maximum absolute atomic E-state index is 6.04. The lowest BCUT2D eigenvalue weighted by molar-refractivity contribution is 0.548. The number of benzene rings is 2. The van der Waals surface area contributed by atoms with E-state index in [1.165, 1.54) is 16.7 Å². The molecule has 1 unspecified atom stereocenters. The molecule has 1 atom stereocenters. The Morgan fingerprint density at radius 3 is 2.29 bits per heavy atom. The van der Waals surface area contributed by atoms with Crippen LogP contribution in [0.1, 0.15) is 36.6 Å². The van der Waals surface area contributed by atoms with Crippen LogP contribution in [0.5, 0.6) is 0 Å². The predicted molar refractivity (Wildman–Crippen MR) is 95.1 cm³/mol. The van der Waals surface area contributed by atoms with Crippen molar-refractivity contribution in [1.82, 2.24) is 5.32 Å². The van der Waals surface area contributed by atoms with Crippen LogP contribution in [-0.4, -0.2) is 6.54 Å². The lowest BCUT2D eigenvalue weighted by atomic mass is 9.98. The Hall–Kier alpha value is -0.830. The summed E-state index contributed by atoms with van der Waals surface area (Å²) in [7, 11) is 0. The van der Waals surface area contributed by atoms with Gasteiger partial charge in [0.05, 0.1) is 0 Å². The lowest BCUT2D eigenvalue weighted by Gasteiger charge is -2.20. The SMILES string of the molecule is CCNC(Cc1ccc(CC)cc1)c1ccc(Cl)cc1Br. The molecule has 2 aromatic rings. The van der Waals surface area contributed by atoms with Crippen molar-refractivity contribution in [2.45, 2.75) is 32.7 Å². The molecule has 0 aliphatic rings. The molecule has 0 saturated carbocycles. The smallest absolute Gasteiger partial charge is 0.0417 e. The molecule has 0 bridgehead atoms. The van der Waals surface area contributed by atoms with E-state index in [0.29, 0.717) is 0 Å². The van der Waals surface area contributed by atoms with Crippen LogP contribution in [0, 0.1) is 0 Å². The zero-order valence-electron chi connectivity index (χ0n) is 12.5. The molecule has 112 valence electrons. The fourth-order valence-electron chi connectivity index (χ4n) is 2.47. The zero-order valence-corrected chi connectivity index (χ0v) is 14.8. The average Bonchev–Trinajstić information content (AvgIpc) is 2.48. The van der Waals surface area contributed by atoms with Gasteiger partial charge in [0.2, 0.25) is 0 Å². The Kier molecular flexibility index (Phi) is 6.28. The summed E-state index contributed by atoms with van der Waals surface area (Å²) >= 11 is 9.67. The van der Waals surface area contributed by atoms with Gasteiger partial charge in [0.25, 0.3) is 0 Å². The summed E-state index contributed by atoms with van der Waals surface area (Å²) in [5.74, 6) is 0. The van der Waals surface area contributed by atoms with E-state index in [9.17, 15) is 0 Å². The third kappa shape index (κ3) is 4.57. The van der Waals surface area contributed by atoms with E-state index in [0.717, 1.165) is 28.9 Å². The quantitative estimate of drug-likeness (QED) is 0.706. The van der Waals surface area contributed by atoms with Gasteiger partial charge in [0.1, 0.15) is 0 Å². The molecule has 0 saturated heterocycles. The van der Waals surface area contributed by atoms with Crippen molar-refractivity contribution >= 4 is 27.5 Å². The van der Waals surface area contributed by atoms with Gasteiger partial charge in [0, 0.05) is 15.5 Å². The number of halogens is 2. The van der Waals surface area contributed by atoms with E-state index in [1.54, 1.807) is 0 Å². The second-order valence-electron chi connectivity index (χ2n) is 5.15. The van der Waals surface area contributed by atoms with Crippen LogP contribution >= 0.6 is 27.5 Å². The number of likely N-dealkylation sites (N-methyl/N-ethyl adjacent to an activating group) is 1. The van der Waals surface area contributed by atoms with Crippen molar-refractivity contribution in [3.05, 3.63) is 68.7 Å². The summed E-state index contributed by atoms with van der Waals surface area (Å²) in [5, 5.41) is 4.32. The van der Waals surface area contributed by atoms with Crippen LogP contribution in [0.2, 0.25) is 5.02 Å². The number of hydrogen-bond donors (Lipinski definition) is 1. The van der Waals surface area contributed by atoms with Crippen LogP contribution in [0.15, 0.2) is 46.9 Å². The minimum Gasteiger partial charge on any atom is -0.310 e. The molecule has 1 nitrogen and oxygen atoms in total. The van der Waals surface area contributed by atoms with Gasteiger partial charge in [-0.25, -0.2) is 0 Å². The van der Waals surface area contributed by atoms with E-state index in [2.05, 4.69) is 65.4 Å². The molecule has 3 heteroatoms. The van der Waals surface area contributed by atoms with Gasteiger partial charge in [-0.3, -0.25) is 0 Å². The monoisotopic (exact) mass is 365 g/mol. The Labute approximate surface area is 140 Å². The molecule has 0 aromatic heterocycles. The van der Waals surface area contributed by atoms with Crippen molar-refractivity contribution in [1.29, 1.82) is 0 Å². The highest BCUT2D eigenvalue weighted by atomic mass is 79.9. The van der Waals surface area contributed by atoms with Crippen molar-refractivity contribution in [3.8, 4) is 0 Å². The molecule has 2 aromatic carbocycles. The maximum atomic E-state index is 6.04. The van der Waals surface area contributed by atoms with Gasteiger partial charge in [-0.15, -0.1) is 0 Å². The van der Waals surface area contributed by atoms with Crippen LogP contribution in [-0.2, 0) is 12.8 Å². The largest absolute Gasteiger partial charge is 0.310 e. The van der Waals surface area contributed by atoms with Gasteiger partial charge < -0.3 is 5.32 Å². The van der Waals surface area contributed by atoms with E-state index >= 15 is 0 Å². The van der Waals surface area contributed by atoms with Crippen molar-refractivity contribution in [2.75, 3.05) is 6.54 Å². The highest BCUT2D eigenvalue weighted by molar-refractivity contribution is 9.10. The second-order valence-corrected chi connectivity index (χ2v) is 6.44. The van der Waals surface area contributed by atoms with Crippen LogP contribution in [0.4, 0.5) is 0 Å². The molecular formula is C18H21BrClN. The first-order valence-corrected chi connectivity index (χ1v) is 8.57. The topological polar surface area (TPSA) is 12.0 Å². The number of rotatable bonds is 6. The highest BCUT2D eigenvalue weighted by Gasteiger charge is 2.14. The summed E-state index contributed by atoms with van der Waals surface area (Å²) in [6.07, 6.45) is 2.05. The fraction of sp³-hybridized carbons (Fsp3) is 0.333. The Bertz CT molecular complexity index is 580. The van der Waals surface area contributed by atoms with Gasteiger partial charge in [-0.2, -0.15) is 0 Å². The molecule has 0 aliphatic heterocycles. The van der Waals surface area contributed by atoms with Gasteiger partial charge in [-0.05, 0) is 48.2 Å².